The largest absolute Gasteiger partial charge is 0.394 e. The fraction of sp³-hybridized carbons (Fsp3) is 0.879. The minimum atomic E-state index is -3.89. The summed E-state index contributed by atoms with van der Waals surface area (Å²) >= 11 is 0. The Kier molecular flexibility index (Phi) is 19.3. The first kappa shape index (κ1) is 50.0. The third-order valence-electron chi connectivity index (χ3n) is 9.94. The fourth-order valence-corrected chi connectivity index (χ4v) is 7.48. The van der Waals surface area contributed by atoms with Crippen LogP contribution in [-0.2, 0) is 62.5 Å². The Morgan fingerprint density at radius 3 is 1.85 bits per heavy atom. The molecular weight excluding hydrogens is 838 g/mol. The number of hydrogen-bond acceptors (Lipinski definition) is 23. The standard InChI is InChI=1S/C33H55N3O23S/c37-12-15-22(43)25(46)27(48)31(55-15)54-14-17-24(45)30(58-33-28(49)26(47)23(44)16(13-38)56-33)29(50)32(57-17)53-10-9-34-18(39)7-11-60(51,52)35-8-3-1-2-4-21(42)59-36-19(40)5-6-20(36)41/h15-17,22-33,35,37-38,43-50H,1-14H2,(H,34,39)/t15-,16-,17-,22-,23-,24-,25+,26+,27+,28+,29+,30+,31+,32-,33-/m1/s1. The maximum Gasteiger partial charge on any atom is 0.333 e. The molecule has 4 heterocycles. The summed E-state index contributed by atoms with van der Waals surface area (Å²) in [5, 5.41) is 106. The molecule has 0 bridgehead atoms. The van der Waals surface area contributed by atoms with Crippen molar-refractivity contribution in [1.82, 2.24) is 15.1 Å². The molecule has 0 aromatic carbocycles. The molecule has 60 heavy (non-hydrogen) atoms. The van der Waals surface area contributed by atoms with Gasteiger partial charge in [0.2, 0.25) is 15.9 Å². The highest BCUT2D eigenvalue weighted by molar-refractivity contribution is 7.89. The van der Waals surface area contributed by atoms with Crippen LogP contribution in [0.5, 0.6) is 0 Å². The SMILES string of the molecule is O=C(CCS(=O)(=O)NCCCCCC(=O)ON1C(=O)CCC1=O)NCCO[C@@H]1O[C@H](CO[C@H]2O[C@H](CO)[C@@H](O)[C@H](O)[C@@H]2O)[C@@H](O)[C@H](O[C@H]2O[C@H](CO)[C@@H](O)[C@H](O)[C@@H]2O)[C@@H]1O. The summed E-state index contributed by atoms with van der Waals surface area (Å²) in [7, 11) is -3.89. The van der Waals surface area contributed by atoms with Gasteiger partial charge in [-0.3, -0.25) is 14.4 Å². The monoisotopic (exact) mass is 893 g/mol. The van der Waals surface area contributed by atoms with Crippen molar-refractivity contribution >= 4 is 33.7 Å². The van der Waals surface area contributed by atoms with E-state index in [1.54, 1.807) is 0 Å². The van der Waals surface area contributed by atoms with Crippen molar-refractivity contribution in [3.63, 3.8) is 0 Å². The molecule has 0 aromatic rings. The Morgan fingerprint density at radius 1 is 0.667 bits per heavy atom. The van der Waals surface area contributed by atoms with Crippen molar-refractivity contribution in [3.8, 4) is 0 Å². The van der Waals surface area contributed by atoms with E-state index >= 15 is 0 Å². The predicted molar refractivity (Wildman–Crippen MR) is 190 cm³/mol. The summed E-state index contributed by atoms with van der Waals surface area (Å²) < 4.78 is 60.1. The number of rotatable bonds is 22. The molecule has 0 aliphatic carbocycles. The first-order valence-corrected chi connectivity index (χ1v) is 20.9. The molecule has 27 heteroatoms. The van der Waals surface area contributed by atoms with Crippen molar-refractivity contribution in [2.75, 3.05) is 45.3 Å². The highest BCUT2D eigenvalue weighted by Crippen LogP contribution is 2.31. The van der Waals surface area contributed by atoms with Crippen LogP contribution in [0.15, 0.2) is 0 Å². The molecule has 26 nitrogen and oxygen atoms in total. The number of unbranched alkanes of at least 4 members (excludes halogenated alkanes) is 2. The number of nitrogens with one attached hydrogen (secondary N) is 2. The van der Waals surface area contributed by atoms with Gasteiger partial charge >= 0.3 is 5.97 Å². The Morgan fingerprint density at radius 2 is 1.23 bits per heavy atom. The zero-order chi connectivity index (χ0) is 44.3. The molecule has 12 N–H and O–H groups in total. The number of nitrogens with zero attached hydrogens (tertiary/aromatic N) is 1. The molecule has 3 amide bonds. The van der Waals surface area contributed by atoms with Gasteiger partial charge in [0.25, 0.3) is 11.8 Å². The van der Waals surface area contributed by atoms with Gasteiger partial charge in [-0.05, 0) is 12.8 Å². The van der Waals surface area contributed by atoms with E-state index < -0.39 is 158 Å². The maximum absolute atomic E-state index is 12.4. The van der Waals surface area contributed by atoms with Gasteiger partial charge in [-0.25, -0.2) is 17.9 Å². The van der Waals surface area contributed by atoms with Crippen LogP contribution in [0.1, 0.15) is 44.9 Å². The lowest BCUT2D eigenvalue weighted by Gasteiger charge is -2.46. The molecule has 0 unspecified atom stereocenters. The van der Waals surface area contributed by atoms with Crippen LogP contribution in [0, 0.1) is 0 Å². The number of hydroxylamine groups is 2. The number of aliphatic hydroxyl groups excluding tert-OH is 10. The number of aliphatic hydroxyl groups is 10. The molecule has 4 fully saturated rings. The fourth-order valence-electron chi connectivity index (χ4n) is 6.43. The van der Waals surface area contributed by atoms with Crippen LogP contribution in [0.25, 0.3) is 0 Å². The molecule has 346 valence electrons. The number of amides is 3. The lowest BCUT2D eigenvalue weighted by molar-refractivity contribution is -0.366. The van der Waals surface area contributed by atoms with Gasteiger partial charge in [0, 0.05) is 38.8 Å². The third kappa shape index (κ3) is 13.4. The zero-order valence-corrected chi connectivity index (χ0v) is 33.0. The summed E-state index contributed by atoms with van der Waals surface area (Å²) in [6, 6.07) is 0. The molecule has 4 saturated heterocycles. The van der Waals surface area contributed by atoms with Crippen LogP contribution in [-0.4, -0.2) is 226 Å². The van der Waals surface area contributed by atoms with Gasteiger partial charge in [-0.1, -0.05) is 6.42 Å². The second-order valence-corrected chi connectivity index (χ2v) is 16.3. The number of carbonyl (C=O) groups is 4. The number of sulfonamides is 1. The topological polar surface area (TPSA) is 397 Å². The quantitative estimate of drug-likeness (QED) is 0.0355. The van der Waals surface area contributed by atoms with Crippen LogP contribution < -0.4 is 10.0 Å². The van der Waals surface area contributed by atoms with Crippen molar-refractivity contribution in [2.24, 2.45) is 0 Å². The van der Waals surface area contributed by atoms with Crippen molar-refractivity contribution in [1.29, 1.82) is 0 Å². The summed E-state index contributed by atoms with van der Waals surface area (Å²) in [6.07, 6.45) is -25.6. The maximum atomic E-state index is 12.4. The first-order valence-electron chi connectivity index (χ1n) is 19.2. The molecule has 15 atom stereocenters. The van der Waals surface area contributed by atoms with E-state index in [-0.39, 0.29) is 39.0 Å². The summed E-state index contributed by atoms with van der Waals surface area (Å²) in [5.41, 5.74) is 0. The smallest absolute Gasteiger partial charge is 0.333 e. The number of carbonyl (C=O) groups excluding carboxylic acids is 4. The van der Waals surface area contributed by atoms with Crippen molar-refractivity contribution < 1.29 is 112 Å². The second-order valence-electron chi connectivity index (χ2n) is 14.4. The minimum Gasteiger partial charge on any atom is -0.394 e. The van der Waals surface area contributed by atoms with E-state index in [2.05, 4.69) is 10.0 Å². The van der Waals surface area contributed by atoms with Gasteiger partial charge in [0.1, 0.15) is 73.2 Å². The van der Waals surface area contributed by atoms with Crippen molar-refractivity contribution in [2.45, 2.75) is 137 Å². The summed E-state index contributed by atoms with van der Waals surface area (Å²) in [4.78, 5) is 52.1. The molecule has 0 saturated carbocycles. The summed E-state index contributed by atoms with van der Waals surface area (Å²) in [6.45, 7) is -2.92. The Labute approximate surface area is 342 Å². The number of ether oxygens (including phenoxy) is 6. The first-order chi connectivity index (χ1) is 28.4. The van der Waals surface area contributed by atoms with E-state index in [0.717, 1.165) is 0 Å². The normalized spacial score (nSPS) is 36.4. The van der Waals surface area contributed by atoms with Gasteiger partial charge in [-0.2, -0.15) is 0 Å². The summed E-state index contributed by atoms with van der Waals surface area (Å²) in [5.74, 6) is -3.26. The van der Waals surface area contributed by atoms with E-state index in [9.17, 15) is 78.7 Å². The van der Waals surface area contributed by atoms with Crippen LogP contribution in [0.2, 0.25) is 0 Å². The van der Waals surface area contributed by atoms with E-state index in [1.807, 2.05) is 0 Å². The third-order valence-corrected chi connectivity index (χ3v) is 11.3. The highest BCUT2D eigenvalue weighted by Gasteiger charge is 2.52. The van der Waals surface area contributed by atoms with Gasteiger partial charge < -0.3 is 89.6 Å². The Hall–Kier alpha value is -2.65. The molecule has 0 spiro atoms. The zero-order valence-electron chi connectivity index (χ0n) is 32.2. The lowest BCUT2D eigenvalue weighted by Crippen LogP contribution is -2.65. The van der Waals surface area contributed by atoms with Crippen LogP contribution in [0.4, 0.5) is 0 Å². The average molecular weight is 894 g/mol. The predicted octanol–water partition coefficient (Wildman–Crippen LogP) is -7.96. The second kappa shape index (κ2) is 23.2. The number of imide groups is 1. The minimum absolute atomic E-state index is 0.00396. The molecule has 4 rings (SSSR count). The van der Waals surface area contributed by atoms with E-state index in [1.165, 1.54) is 0 Å². The molecule has 0 radical (unpaired) electrons. The lowest BCUT2D eigenvalue weighted by atomic mass is 9.96. The molecule has 0 aromatic heterocycles. The highest BCUT2D eigenvalue weighted by atomic mass is 32.2. The van der Waals surface area contributed by atoms with Gasteiger partial charge in [0.05, 0.1) is 32.2 Å². The Balaban J connectivity index is 1.24. The van der Waals surface area contributed by atoms with E-state index in [0.29, 0.717) is 24.3 Å². The molecular formula is C33H55N3O23S. The molecule has 4 aliphatic rings. The van der Waals surface area contributed by atoms with Gasteiger partial charge in [-0.15, -0.1) is 5.06 Å². The van der Waals surface area contributed by atoms with Gasteiger partial charge in [0.15, 0.2) is 18.9 Å². The average Bonchev–Trinajstić information content (AvgIpc) is 3.53. The van der Waals surface area contributed by atoms with Crippen LogP contribution >= 0.6 is 0 Å². The van der Waals surface area contributed by atoms with E-state index in [4.69, 9.17) is 33.3 Å². The van der Waals surface area contributed by atoms with Crippen LogP contribution in [0.3, 0.4) is 0 Å². The number of hydrogen-bond donors (Lipinski definition) is 12. The van der Waals surface area contributed by atoms with Crippen molar-refractivity contribution in [3.05, 3.63) is 0 Å². The molecule has 4 aliphatic heterocycles. The Bertz CT molecular complexity index is 1510.